The van der Waals surface area contributed by atoms with Crippen LogP contribution >= 0.6 is 11.6 Å². The molecular weight excluding hydrogens is 661 g/mol. The third kappa shape index (κ3) is 7.83. The quantitative estimate of drug-likeness (QED) is 0.159. The highest BCUT2D eigenvalue weighted by molar-refractivity contribution is 6.31. The summed E-state index contributed by atoms with van der Waals surface area (Å²) in [4.78, 5) is 45.5. The van der Waals surface area contributed by atoms with E-state index >= 15 is 4.39 Å². The molecule has 0 spiro atoms. The summed E-state index contributed by atoms with van der Waals surface area (Å²) in [6.45, 7) is 4.28. The van der Waals surface area contributed by atoms with Crippen molar-refractivity contribution < 1.29 is 18.7 Å². The minimum absolute atomic E-state index is 0.0117. The molecule has 1 saturated heterocycles. The van der Waals surface area contributed by atoms with E-state index < -0.39 is 5.82 Å². The van der Waals surface area contributed by atoms with Gasteiger partial charge in [-0.25, -0.2) is 13.9 Å². The number of piperazine rings is 1. The number of nitrogens with zero attached hydrogens (tertiary/aromatic N) is 4. The van der Waals surface area contributed by atoms with Crippen molar-refractivity contribution in [3.8, 4) is 11.5 Å². The molecule has 11 nitrogen and oxygen atoms in total. The van der Waals surface area contributed by atoms with Gasteiger partial charge in [-0.1, -0.05) is 48.9 Å². The Kier molecular flexibility index (Phi) is 10.8. The van der Waals surface area contributed by atoms with Crippen molar-refractivity contribution in [2.45, 2.75) is 32.9 Å². The van der Waals surface area contributed by atoms with Crippen LogP contribution in [0, 0.1) is 5.82 Å². The van der Waals surface area contributed by atoms with Crippen LogP contribution < -0.4 is 31.4 Å². The molecule has 4 N–H and O–H groups in total. The van der Waals surface area contributed by atoms with Gasteiger partial charge < -0.3 is 25.8 Å². The highest BCUT2D eigenvalue weighted by Crippen LogP contribution is 2.39. The third-order valence-corrected chi connectivity index (χ3v) is 8.81. The number of carbonyl (C=O) groups excluding carboxylic acids is 2. The van der Waals surface area contributed by atoms with Crippen molar-refractivity contribution in [3.63, 3.8) is 0 Å². The summed E-state index contributed by atoms with van der Waals surface area (Å²) in [6, 6.07) is 24.2. The Morgan fingerprint density at radius 1 is 1.00 bits per heavy atom. The second-order valence-electron chi connectivity index (χ2n) is 12.1. The second-order valence-corrected chi connectivity index (χ2v) is 12.5. The van der Waals surface area contributed by atoms with Crippen LogP contribution in [0.4, 0.5) is 15.8 Å². The number of fused-ring (bicyclic) bond motifs is 1. The number of H-pyrrole nitrogens is 1. The number of rotatable bonds is 12. The molecule has 1 aromatic heterocycles. The predicted molar refractivity (Wildman–Crippen MR) is 193 cm³/mol. The standard InChI is InChI=1S/C37H39ClFN7O4/c1-2-6-35(47)41-23-26-11-13-28(21-30(26)39)45(33-14-12-27(38)20-34(33)50-29-8-5-7-25(19-29)22-40)36(48)24-43-15-17-44(18-16-43)46-32-10-4-3-9-31(32)42-37(46)49/h3-5,7-14,19-21H,2,6,15-18,22-24,40H2,1H3,(H,41,47)(H,42,49). The van der Waals surface area contributed by atoms with Gasteiger partial charge in [-0.2, -0.15) is 0 Å². The number of aromatic amines is 1. The maximum absolute atomic E-state index is 15.6. The predicted octanol–water partition coefficient (Wildman–Crippen LogP) is 5.41. The van der Waals surface area contributed by atoms with Crippen molar-refractivity contribution in [2.24, 2.45) is 5.73 Å². The topological polar surface area (TPSA) is 129 Å². The second kappa shape index (κ2) is 15.6. The average molecular weight is 700 g/mol. The van der Waals surface area contributed by atoms with Crippen molar-refractivity contribution >= 4 is 45.8 Å². The first-order valence-corrected chi connectivity index (χ1v) is 16.9. The number of aromatic nitrogens is 2. The molecule has 4 aromatic carbocycles. The van der Waals surface area contributed by atoms with E-state index in [0.29, 0.717) is 73.3 Å². The van der Waals surface area contributed by atoms with Crippen LogP contribution in [0.2, 0.25) is 5.02 Å². The average Bonchev–Trinajstić information content (AvgIpc) is 3.45. The largest absolute Gasteiger partial charge is 0.455 e. The Hall–Kier alpha value is -5.17. The molecule has 1 aliphatic rings. The number of ether oxygens (including phenoxy) is 1. The lowest BCUT2D eigenvalue weighted by Crippen LogP contribution is -2.55. The summed E-state index contributed by atoms with van der Waals surface area (Å²) in [5.41, 5.74) is 8.97. The van der Waals surface area contributed by atoms with E-state index in [9.17, 15) is 14.4 Å². The van der Waals surface area contributed by atoms with Crippen LogP contribution in [0.3, 0.4) is 0 Å². The number of imidazole rings is 1. The van der Waals surface area contributed by atoms with Crippen molar-refractivity contribution in [3.05, 3.63) is 117 Å². The lowest BCUT2D eigenvalue weighted by molar-refractivity contribution is -0.121. The molecule has 13 heteroatoms. The Morgan fingerprint density at radius 3 is 2.56 bits per heavy atom. The van der Waals surface area contributed by atoms with Crippen LogP contribution in [0.15, 0.2) is 89.7 Å². The van der Waals surface area contributed by atoms with Crippen LogP contribution in [-0.2, 0) is 22.7 Å². The van der Waals surface area contributed by atoms with Gasteiger partial charge in [0.2, 0.25) is 11.8 Å². The zero-order chi connectivity index (χ0) is 35.2. The number of anilines is 2. The minimum Gasteiger partial charge on any atom is -0.455 e. The highest BCUT2D eigenvalue weighted by Gasteiger charge is 2.28. The molecule has 2 amide bonds. The molecule has 260 valence electrons. The van der Waals surface area contributed by atoms with Gasteiger partial charge in [-0.05, 0) is 60.5 Å². The van der Waals surface area contributed by atoms with Gasteiger partial charge in [0.1, 0.15) is 11.6 Å². The lowest BCUT2D eigenvalue weighted by Gasteiger charge is -2.36. The van der Waals surface area contributed by atoms with Gasteiger partial charge in [0.15, 0.2) is 5.75 Å². The maximum atomic E-state index is 15.6. The first kappa shape index (κ1) is 34.7. The Labute approximate surface area is 294 Å². The van der Waals surface area contributed by atoms with E-state index in [-0.39, 0.29) is 36.3 Å². The van der Waals surface area contributed by atoms with E-state index in [0.717, 1.165) is 16.6 Å². The number of hydrogen-bond acceptors (Lipinski definition) is 7. The van der Waals surface area contributed by atoms with Crippen LogP contribution in [0.5, 0.6) is 11.5 Å². The van der Waals surface area contributed by atoms with Crippen LogP contribution in [-0.4, -0.2) is 59.1 Å². The fourth-order valence-electron chi connectivity index (χ4n) is 6.04. The van der Waals surface area contributed by atoms with E-state index in [4.69, 9.17) is 22.1 Å². The molecule has 0 radical (unpaired) electrons. The molecule has 0 bridgehead atoms. The van der Waals surface area contributed by atoms with E-state index in [1.54, 1.807) is 47.1 Å². The fourth-order valence-corrected chi connectivity index (χ4v) is 6.20. The summed E-state index contributed by atoms with van der Waals surface area (Å²) >= 11 is 6.42. The normalized spacial score (nSPS) is 13.4. The van der Waals surface area contributed by atoms with Crippen molar-refractivity contribution in [1.82, 2.24) is 19.9 Å². The number of nitrogens with two attached hydrogens (primary N) is 1. The molecule has 6 rings (SSSR count). The smallest absolute Gasteiger partial charge is 0.345 e. The summed E-state index contributed by atoms with van der Waals surface area (Å²) in [7, 11) is 0. The van der Waals surface area contributed by atoms with Crippen molar-refractivity contribution in [1.29, 1.82) is 0 Å². The highest BCUT2D eigenvalue weighted by atomic mass is 35.5. The number of carbonyl (C=O) groups is 2. The van der Waals surface area contributed by atoms with Gasteiger partial charge in [0.25, 0.3) is 0 Å². The first-order valence-electron chi connectivity index (χ1n) is 16.6. The molecule has 0 aliphatic carbocycles. The molecule has 0 saturated carbocycles. The number of para-hydroxylation sites is 2. The lowest BCUT2D eigenvalue weighted by atomic mass is 10.1. The number of benzene rings is 4. The number of halogens is 2. The zero-order valence-electron chi connectivity index (χ0n) is 27.7. The fraction of sp³-hybridized carbons (Fsp3) is 0.270. The van der Waals surface area contributed by atoms with Crippen LogP contribution in [0.1, 0.15) is 30.9 Å². The molecule has 50 heavy (non-hydrogen) atoms. The number of amides is 2. The van der Waals surface area contributed by atoms with Gasteiger partial charge in [-0.15, -0.1) is 0 Å². The van der Waals surface area contributed by atoms with Crippen molar-refractivity contribution in [2.75, 3.05) is 42.6 Å². The summed E-state index contributed by atoms with van der Waals surface area (Å²) in [5.74, 6) is -0.267. The molecule has 1 aliphatic heterocycles. The summed E-state index contributed by atoms with van der Waals surface area (Å²) in [5, 5.41) is 5.09. The Morgan fingerprint density at radius 2 is 1.80 bits per heavy atom. The molecule has 5 aromatic rings. The molecule has 0 unspecified atom stereocenters. The Bertz CT molecular complexity index is 2060. The minimum atomic E-state index is -0.568. The molecular formula is C37H39ClFN7O4. The monoisotopic (exact) mass is 699 g/mol. The van der Waals surface area contributed by atoms with E-state index in [1.807, 2.05) is 53.2 Å². The molecule has 1 fully saturated rings. The number of hydrogen-bond donors (Lipinski definition) is 3. The van der Waals surface area contributed by atoms with E-state index in [1.165, 1.54) is 11.0 Å². The van der Waals surface area contributed by atoms with Gasteiger partial charge in [-0.3, -0.25) is 19.4 Å². The summed E-state index contributed by atoms with van der Waals surface area (Å²) in [6.07, 6.45) is 1.03. The van der Waals surface area contributed by atoms with Gasteiger partial charge >= 0.3 is 5.69 Å². The van der Waals surface area contributed by atoms with E-state index in [2.05, 4.69) is 10.3 Å². The van der Waals surface area contributed by atoms with Crippen LogP contribution in [0.25, 0.3) is 11.0 Å². The maximum Gasteiger partial charge on any atom is 0.345 e. The first-order chi connectivity index (χ1) is 24.2. The SMILES string of the molecule is CCCC(=O)NCc1ccc(N(C(=O)CN2CCN(n3c(=O)[nH]c4ccccc43)CC2)c2ccc(Cl)cc2Oc2cccc(CN)c2)cc1F. The summed E-state index contributed by atoms with van der Waals surface area (Å²) < 4.78 is 23.5. The molecule has 0 atom stereocenters. The number of nitrogens with one attached hydrogen (secondary N) is 2. The Balaban J connectivity index is 1.28. The third-order valence-electron chi connectivity index (χ3n) is 8.58. The molecule has 2 heterocycles. The van der Waals surface area contributed by atoms with Gasteiger partial charge in [0.05, 0.1) is 29.0 Å². The zero-order valence-corrected chi connectivity index (χ0v) is 28.5. The van der Waals surface area contributed by atoms with Gasteiger partial charge in [0, 0.05) is 62.3 Å².